The van der Waals surface area contributed by atoms with Crippen molar-refractivity contribution in [1.82, 2.24) is 4.98 Å². The van der Waals surface area contributed by atoms with Crippen LogP contribution in [-0.4, -0.2) is 10.9 Å². The maximum Gasteiger partial charge on any atom is 0.272 e. The molecule has 0 bridgehead atoms. The first-order valence-corrected chi connectivity index (χ1v) is 5.70. The Morgan fingerprint density at radius 3 is 2.72 bits per heavy atom. The lowest BCUT2D eigenvalue weighted by molar-refractivity contribution is 0.102. The van der Waals surface area contributed by atoms with Crippen molar-refractivity contribution in [1.29, 1.82) is 0 Å². The normalized spacial score (nSPS) is 10.1. The van der Waals surface area contributed by atoms with Gasteiger partial charge in [0.2, 0.25) is 0 Å². The van der Waals surface area contributed by atoms with Crippen LogP contribution in [-0.2, 0) is 0 Å². The molecule has 1 heterocycles. The Bertz CT molecular complexity index is 649. The van der Waals surface area contributed by atoms with Gasteiger partial charge in [0.15, 0.2) is 5.43 Å². The van der Waals surface area contributed by atoms with Gasteiger partial charge in [-0.1, -0.05) is 11.6 Å². The summed E-state index contributed by atoms with van der Waals surface area (Å²) in [6.07, 6.45) is 1.44. The number of nitrogens with one attached hydrogen (secondary N) is 2. The number of pyridine rings is 1. The predicted octanol–water partition coefficient (Wildman–Crippen LogP) is 2.59. The van der Waals surface area contributed by atoms with Crippen LogP contribution in [0, 0.1) is 6.92 Å². The predicted molar refractivity (Wildman–Crippen MR) is 71.2 cm³/mol. The van der Waals surface area contributed by atoms with Crippen molar-refractivity contribution in [2.75, 3.05) is 5.32 Å². The zero-order chi connectivity index (χ0) is 13.1. The van der Waals surface area contributed by atoms with E-state index in [1.807, 2.05) is 6.92 Å². The largest absolute Gasteiger partial charge is 0.357 e. The van der Waals surface area contributed by atoms with Gasteiger partial charge in [-0.2, -0.15) is 0 Å². The number of carbonyl (C=O) groups excluding carboxylic acids is 1. The van der Waals surface area contributed by atoms with E-state index in [1.165, 1.54) is 18.3 Å². The number of hydrogen-bond acceptors (Lipinski definition) is 2. The third-order valence-corrected chi connectivity index (χ3v) is 2.69. The highest BCUT2D eigenvalue weighted by Crippen LogP contribution is 2.19. The highest BCUT2D eigenvalue weighted by molar-refractivity contribution is 6.30. The van der Waals surface area contributed by atoms with Crippen molar-refractivity contribution in [3.8, 4) is 0 Å². The van der Waals surface area contributed by atoms with Crippen LogP contribution in [0.5, 0.6) is 0 Å². The summed E-state index contributed by atoms with van der Waals surface area (Å²) in [6.45, 7) is 1.84. The molecule has 2 rings (SSSR count). The van der Waals surface area contributed by atoms with Gasteiger partial charge in [-0.3, -0.25) is 9.59 Å². The lowest BCUT2D eigenvalue weighted by Crippen LogP contribution is -2.16. The van der Waals surface area contributed by atoms with E-state index in [1.54, 1.807) is 18.2 Å². The average molecular weight is 263 g/mol. The van der Waals surface area contributed by atoms with Crippen molar-refractivity contribution in [3.05, 3.63) is 63.0 Å². The summed E-state index contributed by atoms with van der Waals surface area (Å²) in [4.78, 5) is 25.8. The molecule has 0 atom stereocenters. The van der Waals surface area contributed by atoms with Gasteiger partial charge >= 0.3 is 0 Å². The zero-order valence-corrected chi connectivity index (χ0v) is 10.4. The molecule has 0 unspecified atom stereocenters. The molecular formula is C13H11ClN2O2. The summed E-state index contributed by atoms with van der Waals surface area (Å²) in [5, 5.41) is 3.32. The van der Waals surface area contributed by atoms with Gasteiger partial charge in [-0.05, 0) is 30.7 Å². The fourth-order valence-electron chi connectivity index (χ4n) is 1.53. The lowest BCUT2D eigenvalue weighted by atomic mass is 10.2. The third kappa shape index (κ3) is 2.78. The Kier molecular flexibility index (Phi) is 3.48. The summed E-state index contributed by atoms with van der Waals surface area (Å²) in [5.74, 6) is -0.363. The number of aryl methyl sites for hydroxylation is 1. The van der Waals surface area contributed by atoms with E-state index in [-0.39, 0.29) is 17.0 Å². The molecule has 4 nitrogen and oxygen atoms in total. The van der Waals surface area contributed by atoms with E-state index in [9.17, 15) is 9.59 Å². The average Bonchev–Trinajstić information content (AvgIpc) is 2.32. The van der Waals surface area contributed by atoms with E-state index in [0.717, 1.165) is 5.56 Å². The van der Waals surface area contributed by atoms with Gasteiger partial charge in [0, 0.05) is 29.0 Å². The molecule has 92 valence electrons. The van der Waals surface area contributed by atoms with E-state index in [4.69, 9.17) is 11.6 Å². The van der Waals surface area contributed by atoms with Gasteiger partial charge < -0.3 is 10.3 Å². The second kappa shape index (κ2) is 5.06. The molecule has 5 heteroatoms. The number of anilines is 1. The monoisotopic (exact) mass is 262 g/mol. The van der Waals surface area contributed by atoms with Crippen molar-refractivity contribution in [2.45, 2.75) is 6.92 Å². The maximum absolute atomic E-state index is 11.9. The van der Waals surface area contributed by atoms with Gasteiger partial charge in [-0.25, -0.2) is 0 Å². The Morgan fingerprint density at radius 2 is 2.06 bits per heavy atom. The summed E-state index contributed by atoms with van der Waals surface area (Å²) in [5.41, 5.74) is 1.52. The quantitative estimate of drug-likeness (QED) is 0.874. The van der Waals surface area contributed by atoms with Crippen LogP contribution in [0.4, 0.5) is 5.69 Å². The number of benzene rings is 1. The van der Waals surface area contributed by atoms with Gasteiger partial charge in [-0.15, -0.1) is 0 Å². The maximum atomic E-state index is 11.9. The number of carbonyl (C=O) groups is 1. The Morgan fingerprint density at radius 1 is 1.28 bits per heavy atom. The Balaban J connectivity index is 2.24. The second-order valence-electron chi connectivity index (χ2n) is 3.85. The van der Waals surface area contributed by atoms with Crippen LogP contribution >= 0.6 is 11.6 Å². The first-order valence-electron chi connectivity index (χ1n) is 5.32. The van der Waals surface area contributed by atoms with Crippen LogP contribution in [0.2, 0.25) is 5.02 Å². The number of rotatable bonds is 2. The summed E-state index contributed by atoms with van der Waals surface area (Å²) >= 11 is 5.83. The fourth-order valence-corrected chi connectivity index (χ4v) is 1.76. The molecule has 0 spiro atoms. The van der Waals surface area contributed by atoms with Crippen molar-refractivity contribution in [2.24, 2.45) is 0 Å². The van der Waals surface area contributed by atoms with E-state index < -0.39 is 0 Å². The van der Waals surface area contributed by atoms with E-state index >= 15 is 0 Å². The molecule has 0 aliphatic rings. The highest BCUT2D eigenvalue weighted by atomic mass is 35.5. The van der Waals surface area contributed by atoms with Crippen molar-refractivity contribution < 1.29 is 4.79 Å². The zero-order valence-electron chi connectivity index (χ0n) is 9.66. The van der Waals surface area contributed by atoms with Crippen LogP contribution in [0.25, 0.3) is 0 Å². The minimum absolute atomic E-state index is 0.216. The SMILES string of the molecule is Cc1cc(Cl)ccc1NC(=O)c1cc(=O)cc[nH]1. The Hall–Kier alpha value is -2.07. The van der Waals surface area contributed by atoms with E-state index in [2.05, 4.69) is 10.3 Å². The van der Waals surface area contributed by atoms with Crippen LogP contribution in [0.1, 0.15) is 16.1 Å². The minimum atomic E-state index is -0.363. The minimum Gasteiger partial charge on any atom is -0.357 e. The molecule has 1 amide bonds. The Labute approximate surface area is 109 Å². The topological polar surface area (TPSA) is 62.0 Å². The molecule has 1 aromatic heterocycles. The molecular weight excluding hydrogens is 252 g/mol. The number of H-pyrrole nitrogens is 1. The molecule has 2 aromatic rings. The second-order valence-corrected chi connectivity index (χ2v) is 4.29. The number of aromatic nitrogens is 1. The first kappa shape index (κ1) is 12.4. The fraction of sp³-hybridized carbons (Fsp3) is 0.0769. The third-order valence-electron chi connectivity index (χ3n) is 2.45. The number of hydrogen-bond donors (Lipinski definition) is 2. The molecule has 18 heavy (non-hydrogen) atoms. The van der Waals surface area contributed by atoms with Gasteiger partial charge in [0.1, 0.15) is 5.69 Å². The molecule has 2 N–H and O–H groups in total. The first-order chi connectivity index (χ1) is 8.56. The summed E-state index contributed by atoms with van der Waals surface area (Å²) < 4.78 is 0. The van der Waals surface area contributed by atoms with Crippen LogP contribution < -0.4 is 10.7 Å². The highest BCUT2D eigenvalue weighted by Gasteiger charge is 2.08. The summed E-state index contributed by atoms with van der Waals surface area (Å²) in [7, 11) is 0. The molecule has 0 saturated carbocycles. The van der Waals surface area contributed by atoms with Crippen molar-refractivity contribution >= 4 is 23.2 Å². The van der Waals surface area contributed by atoms with Gasteiger partial charge in [0.05, 0.1) is 0 Å². The van der Waals surface area contributed by atoms with E-state index in [0.29, 0.717) is 10.7 Å². The van der Waals surface area contributed by atoms with Gasteiger partial charge in [0.25, 0.3) is 5.91 Å². The molecule has 1 aromatic carbocycles. The number of amides is 1. The standard InChI is InChI=1S/C13H11ClN2O2/c1-8-6-9(14)2-3-11(8)16-13(18)12-7-10(17)4-5-15-12/h2-7H,1H3,(H,15,17)(H,16,18). The summed E-state index contributed by atoms with van der Waals surface area (Å²) in [6, 6.07) is 7.77. The van der Waals surface area contributed by atoms with Crippen molar-refractivity contribution in [3.63, 3.8) is 0 Å². The molecule has 0 saturated heterocycles. The number of aromatic amines is 1. The lowest BCUT2D eigenvalue weighted by Gasteiger charge is -2.08. The smallest absolute Gasteiger partial charge is 0.272 e. The molecule has 0 fully saturated rings. The molecule has 0 aliphatic carbocycles. The molecule has 0 radical (unpaired) electrons. The van der Waals surface area contributed by atoms with Crippen LogP contribution in [0.3, 0.4) is 0 Å². The molecule has 0 aliphatic heterocycles. The van der Waals surface area contributed by atoms with Crippen LogP contribution in [0.15, 0.2) is 41.3 Å². The number of halogens is 1.